The first-order valence-electron chi connectivity index (χ1n) is 17.9. The highest BCUT2D eigenvalue weighted by Gasteiger charge is 2.36. The average Bonchev–Trinajstić information content (AvgIpc) is 3.68. The Morgan fingerprint density at radius 3 is 2.02 bits per heavy atom. The van der Waals surface area contributed by atoms with Crippen molar-refractivity contribution in [2.24, 2.45) is 11.8 Å². The summed E-state index contributed by atoms with van der Waals surface area (Å²) in [5, 5.41) is 6.58. The number of fused-ring (bicyclic) bond motifs is 3. The van der Waals surface area contributed by atoms with Crippen LogP contribution >= 0.6 is 0 Å². The number of H-pyrrole nitrogens is 1. The van der Waals surface area contributed by atoms with Gasteiger partial charge in [0.05, 0.1) is 59.6 Å². The fraction of sp³-hybridized carbons (Fsp3) is 0.326. The number of Topliss-reactive ketones (excluding diaryl/α,β-unsaturated/α-hetero) is 2. The number of nitrogens with one attached hydrogen (secondary N) is 3. The SMILES string of the molecule is CC1(C)NC=C1CC1COc2ccccc2C1.CC1(C)NC=C1CC1COc2ccccc2C1=O.O=C1/C(=C/c2cnc[nH]2)COc2ccccc21. The normalized spacial score (nSPS) is 22.0. The van der Waals surface area contributed by atoms with Gasteiger partial charge in [-0.2, -0.15) is 0 Å². The minimum absolute atomic E-state index is 0.0152. The Kier molecular flexibility index (Phi) is 9.77. The van der Waals surface area contributed by atoms with E-state index in [0.717, 1.165) is 48.6 Å². The van der Waals surface area contributed by atoms with Gasteiger partial charge in [0.15, 0.2) is 11.6 Å². The van der Waals surface area contributed by atoms with E-state index >= 15 is 0 Å². The van der Waals surface area contributed by atoms with Gasteiger partial charge >= 0.3 is 0 Å². The molecule has 9 rings (SSSR count). The van der Waals surface area contributed by atoms with E-state index in [1.165, 1.54) is 16.7 Å². The Bertz CT molecular complexity index is 2040. The molecule has 4 aromatic rings. The molecule has 6 heterocycles. The molecule has 1 aromatic heterocycles. The Balaban J connectivity index is 0.000000121. The fourth-order valence-electron chi connectivity index (χ4n) is 6.90. The summed E-state index contributed by atoms with van der Waals surface area (Å²) < 4.78 is 17.0. The van der Waals surface area contributed by atoms with E-state index in [-0.39, 0.29) is 28.6 Å². The molecule has 0 amide bonds. The van der Waals surface area contributed by atoms with E-state index in [1.807, 2.05) is 48.7 Å². The van der Waals surface area contributed by atoms with Gasteiger partial charge in [-0.05, 0) is 112 Å². The molecule has 0 radical (unpaired) electrons. The predicted octanol–water partition coefficient (Wildman–Crippen LogP) is 7.50. The maximum Gasteiger partial charge on any atom is 0.196 e. The van der Waals surface area contributed by atoms with Gasteiger partial charge in [0.2, 0.25) is 0 Å². The molecule has 0 aliphatic carbocycles. The molecule has 5 aliphatic heterocycles. The van der Waals surface area contributed by atoms with Crippen LogP contribution in [0.1, 0.15) is 72.5 Å². The lowest BCUT2D eigenvalue weighted by Crippen LogP contribution is -2.47. The van der Waals surface area contributed by atoms with Gasteiger partial charge in [-0.1, -0.05) is 42.5 Å². The van der Waals surface area contributed by atoms with Crippen LogP contribution < -0.4 is 24.8 Å². The van der Waals surface area contributed by atoms with Crippen LogP contribution in [0.25, 0.3) is 6.08 Å². The summed E-state index contributed by atoms with van der Waals surface area (Å²) in [6.45, 7) is 10.4. The first kappa shape index (κ1) is 34.9. The molecule has 2 atom stereocenters. The van der Waals surface area contributed by atoms with Gasteiger partial charge < -0.3 is 29.8 Å². The highest BCUT2D eigenvalue weighted by atomic mass is 16.5. The standard InChI is InChI=1S/C15H17NO2.C15H19NO.C13H10N2O2/c1-15(2)11(8-16-15)7-10-9-18-13-6-4-3-5-12(13)14(10)17;1-15(2)13(9-16-15)8-11-7-12-5-3-4-6-14(12)17-10-11;16-13-9(5-10-6-14-8-15-10)7-17-12-4-2-1-3-11(12)13/h3-6,8,10,16H,7,9H2,1-2H3;3-6,9,11,16H,7-8,10H2,1-2H3;1-6,8H,7H2,(H,14,15)/b;;9-5+. The number of ether oxygens (including phenoxy) is 3. The number of aromatic amines is 1. The molecule has 9 heteroatoms. The van der Waals surface area contributed by atoms with E-state index < -0.39 is 0 Å². The third-order valence-corrected chi connectivity index (χ3v) is 10.4. The Morgan fingerprint density at radius 2 is 1.37 bits per heavy atom. The van der Waals surface area contributed by atoms with Crippen LogP contribution in [0.15, 0.2) is 114 Å². The first-order valence-corrected chi connectivity index (χ1v) is 17.9. The summed E-state index contributed by atoms with van der Waals surface area (Å²) in [5.74, 6) is 3.24. The van der Waals surface area contributed by atoms with Gasteiger partial charge in [-0.25, -0.2) is 4.98 Å². The lowest BCUT2D eigenvalue weighted by molar-refractivity contribution is 0.0824. The number of hydrogen-bond donors (Lipinski definition) is 3. The van der Waals surface area contributed by atoms with Crippen molar-refractivity contribution in [3.63, 3.8) is 0 Å². The smallest absolute Gasteiger partial charge is 0.196 e. The summed E-state index contributed by atoms with van der Waals surface area (Å²) in [7, 11) is 0. The molecule has 3 aromatic carbocycles. The van der Waals surface area contributed by atoms with Gasteiger partial charge in [0, 0.05) is 11.5 Å². The maximum absolute atomic E-state index is 12.4. The van der Waals surface area contributed by atoms with Crippen LogP contribution in [0.4, 0.5) is 0 Å². The Morgan fingerprint density at radius 1 is 0.750 bits per heavy atom. The van der Waals surface area contributed by atoms with Crippen LogP contribution in [-0.2, 0) is 6.42 Å². The topological polar surface area (TPSA) is 115 Å². The van der Waals surface area contributed by atoms with Crippen LogP contribution in [0.3, 0.4) is 0 Å². The maximum atomic E-state index is 12.4. The molecule has 0 spiro atoms. The molecule has 0 fully saturated rings. The zero-order valence-corrected chi connectivity index (χ0v) is 30.2. The molecule has 0 bridgehead atoms. The number of carbonyl (C=O) groups excluding carboxylic acids is 2. The second-order valence-electron chi connectivity index (χ2n) is 14.9. The largest absolute Gasteiger partial charge is 0.493 e. The van der Waals surface area contributed by atoms with Crippen LogP contribution in [-0.4, -0.2) is 52.4 Å². The molecule has 5 aliphatic rings. The van der Waals surface area contributed by atoms with Gasteiger partial charge in [-0.15, -0.1) is 0 Å². The highest BCUT2D eigenvalue weighted by molar-refractivity contribution is 6.13. The number of rotatable bonds is 5. The van der Waals surface area contributed by atoms with Gasteiger partial charge in [-0.3, -0.25) is 9.59 Å². The summed E-state index contributed by atoms with van der Waals surface area (Å²) in [4.78, 5) is 31.4. The Labute approximate surface area is 305 Å². The lowest BCUT2D eigenvalue weighted by Gasteiger charge is -2.39. The van der Waals surface area contributed by atoms with Crippen molar-refractivity contribution >= 4 is 17.6 Å². The molecule has 0 saturated heterocycles. The van der Waals surface area contributed by atoms with Crippen molar-refractivity contribution in [3.8, 4) is 17.2 Å². The second-order valence-corrected chi connectivity index (χ2v) is 14.9. The van der Waals surface area contributed by atoms with E-state index in [0.29, 0.717) is 36.0 Å². The van der Waals surface area contributed by atoms with Crippen molar-refractivity contribution in [2.45, 2.75) is 58.0 Å². The van der Waals surface area contributed by atoms with E-state index in [4.69, 9.17) is 14.2 Å². The van der Waals surface area contributed by atoms with E-state index in [2.05, 4.69) is 72.7 Å². The number of carbonyl (C=O) groups is 2. The van der Waals surface area contributed by atoms with Crippen LogP contribution in [0.2, 0.25) is 0 Å². The number of hydrogen-bond acceptors (Lipinski definition) is 8. The number of nitrogens with zero attached hydrogens (tertiary/aromatic N) is 1. The first-order chi connectivity index (χ1) is 25.1. The van der Waals surface area contributed by atoms with E-state index in [9.17, 15) is 9.59 Å². The molecular formula is C43H46N4O5. The summed E-state index contributed by atoms with van der Waals surface area (Å²) in [5.41, 5.74) is 7.16. The summed E-state index contributed by atoms with van der Waals surface area (Å²) in [6.07, 6.45) is 12.2. The molecule has 9 nitrogen and oxygen atoms in total. The highest BCUT2D eigenvalue weighted by Crippen LogP contribution is 2.36. The number of imidazole rings is 1. The zero-order chi connectivity index (χ0) is 36.3. The van der Waals surface area contributed by atoms with Crippen LogP contribution in [0, 0.1) is 11.8 Å². The average molecular weight is 699 g/mol. The minimum Gasteiger partial charge on any atom is -0.493 e. The number of benzene rings is 3. The lowest BCUT2D eigenvalue weighted by atomic mass is 9.80. The van der Waals surface area contributed by atoms with E-state index in [1.54, 1.807) is 30.7 Å². The summed E-state index contributed by atoms with van der Waals surface area (Å²) in [6, 6.07) is 23.1. The van der Waals surface area contributed by atoms with Crippen molar-refractivity contribution in [1.29, 1.82) is 0 Å². The van der Waals surface area contributed by atoms with Gasteiger partial charge in [0.25, 0.3) is 0 Å². The van der Waals surface area contributed by atoms with Crippen LogP contribution in [0.5, 0.6) is 17.2 Å². The molecule has 268 valence electrons. The number of ketones is 2. The third-order valence-electron chi connectivity index (χ3n) is 10.4. The third kappa shape index (κ3) is 7.54. The number of aromatic nitrogens is 2. The predicted molar refractivity (Wildman–Crippen MR) is 202 cm³/mol. The minimum atomic E-state index is -0.0486. The molecule has 3 N–H and O–H groups in total. The molecule has 2 unspecified atom stereocenters. The fourth-order valence-corrected chi connectivity index (χ4v) is 6.90. The number of para-hydroxylation sites is 3. The van der Waals surface area contributed by atoms with Gasteiger partial charge in [0.1, 0.15) is 23.9 Å². The zero-order valence-electron chi connectivity index (χ0n) is 30.2. The summed E-state index contributed by atoms with van der Waals surface area (Å²) >= 11 is 0. The van der Waals surface area contributed by atoms with Crippen molar-refractivity contribution < 1.29 is 23.8 Å². The molecule has 52 heavy (non-hydrogen) atoms. The Hall–Kier alpha value is -5.57. The monoisotopic (exact) mass is 698 g/mol. The van der Waals surface area contributed by atoms with Crippen molar-refractivity contribution in [1.82, 2.24) is 20.6 Å². The molecule has 0 saturated carbocycles. The van der Waals surface area contributed by atoms with Crippen molar-refractivity contribution in [3.05, 3.63) is 137 Å². The quantitative estimate of drug-likeness (QED) is 0.184. The van der Waals surface area contributed by atoms with Crippen molar-refractivity contribution in [2.75, 3.05) is 19.8 Å². The molecular weight excluding hydrogens is 652 g/mol. The second kappa shape index (κ2) is 14.6.